The number of ether oxygens (including phenoxy) is 1. The molecule has 194 valence electrons. The number of amides is 1. The van der Waals surface area contributed by atoms with Crippen LogP contribution >= 0.6 is 0 Å². The molecule has 37 heavy (non-hydrogen) atoms. The maximum atomic E-state index is 12.7. The van der Waals surface area contributed by atoms with Gasteiger partial charge in [-0.3, -0.25) is 9.59 Å². The van der Waals surface area contributed by atoms with E-state index in [2.05, 4.69) is 4.72 Å². The van der Waals surface area contributed by atoms with Crippen molar-refractivity contribution in [2.75, 3.05) is 10.8 Å². The van der Waals surface area contributed by atoms with Gasteiger partial charge in [0.05, 0.1) is 10.6 Å². The van der Waals surface area contributed by atoms with Crippen LogP contribution in [0.3, 0.4) is 0 Å². The Bertz CT molecular complexity index is 1510. The van der Waals surface area contributed by atoms with Gasteiger partial charge < -0.3 is 9.84 Å². The number of carboxylic acid groups (broad SMARTS) is 1. The molecule has 1 fully saturated rings. The Kier molecular flexibility index (Phi) is 7.47. The fourth-order valence-electron chi connectivity index (χ4n) is 3.67. The quantitative estimate of drug-likeness (QED) is 0.345. The van der Waals surface area contributed by atoms with Gasteiger partial charge in [-0.1, -0.05) is 54.6 Å². The number of carbonyl (C=O) groups excluding carboxylic acids is 1. The molecule has 11 nitrogen and oxygen atoms in total. The molecule has 1 saturated heterocycles. The van der Waals surface area contributed by atoms with Crippen LogP contribution in [0, 0.1) is 0 Å². The zero-order valence-corrected chi connectivity index (χ0v) is 20.9. The van der Waals surface area contributed by atoms with Gasteiger partial charge in [0.2, 0.25) is 10.0 Å². The molecular formula is C24H23N3O8S2. The van der Waals surface area contributed by atoms with Crippen LogP contribution in [0.4, 0.5) is 5.69 Å². The van der Waals surface area contributed by atoms with Crippen LogP contribution in [-0.4, -0.2) is 46.4 Å². The number of carboxylic acids is 1. The number of aliphatic carboxylic acids is 1. The standard InChI is InChI=1S/C24H23N3O8S2/c28-23-15-27(37(33,34)26-23)21-12-11-18(14-22(21)35-16-17-7-3-1-4-8-17)13-20(24(29)30)25-36(31,32)19-9-5-2-6-10-19/h1-12,14,20,25H,13,15-16H2,(H,26,28)(H,29,30)/t20-/m0/s1. The number of rotatable bonds is 10. The molecule has 0 unspecified atom stereocenters. The smallest absolute Gasteiger partial charge is 0.326 e. The Morgan fingerprint density at radius 1 is 1.03 bits per heavy atom. The van der Waals surface area contributed by atoms with Gasteiger partial charge in [0.15, 0.2) is 0 Å². The SMILES string of the molecule is O=C1CN(c2ccc(C[C@H](NS(=O)(=O)c3ccccc3)C(=O)O)cc2OCc2ccccc2)S(=O)(=O)N1. The zero-order valence-electron chi connectivity index (χ0n) is 19.3. The predicted octanol–water partition coefficient (Wildman–Crippen LogP) is 1.42. The summed E-state index contributed by atoms with van der Waals surface area (Å²) in [4.78, 5) is 23.6. The maximum Gasteiger partial charge on any atom is 0.326 e. The van der Waals surface area contributed by atoms with E-state index in [0.29, 0.717) is 5.56 Å². The lowest BCUT2D eigenvalue weighted by Crippen LogP contribution is -2.42. The summed E-state index contributed by atoms with van der Waals surface area (Å²) in [6.45, 7) is -0.381. The van der Waals surface area contributed by atoms with E-state index in [1.165, 1.54) is 42.5 Å². The van der Waals surface area contributed by atoms with Crippen LogP contribution < -0.4 is 18.5 Å². The van der Waals surface area contributed by atoms with Crippen molar-refractivity contribution in [3.63, 3.8) is 0 Å². The summed E-state index contributed by atoms with van der Waals surface area (Å²) in [7, 11) is -8.25. The summed E-state index contributed by atoms with van der Waals surface area (Å²) < 4.78 is 61.0. The van der Waals surface area contributed by atoms with Crippen molar-refractivity contribution in [1.29, 1.82) is 0 Å². The average Bonchev–Trinajstić information content (AvgIpc) is 3.14. The number of hydrogen-bond donors (Lipinski definition) is 3. The molecule has 1 aliphatic heterocycles. The Balaban J connectivity index is 1.64. The van der Waals surface area contributed by atoms with Crippen LogP contribution in [0.5, 0.6) is 5.75 Å². The van der Waals surface area contributed by atoms with E-state index in [4.69, 9.17) is 4.74 Å². The Morgan fingerprint density at radius 2 is 1.68 bits per heavy atom. The first-order valence-corrected chi connectivity index (χ1v) is 13.9. The molecule has 0 spiro atoms. The maximum absolute atomic E-state index is 12.7. The fraction of sp³-hybridized carbons (Fsp3) is 0.167. The van der Waals surface area contributed by atoms with E-state index in [-0.39, 0.29) is 29.4 Å². The minimum atomic E-state index is -4.13. The van der Waals surface area contributed by atoms with Crippen molar-refractivity contribution in [3.05, 3.63) is 90.0 Å². The van der Waals surface area contributed by atoms with Crippen LogP contribution in [-0.2, 0) is 42.8 Å². The van der Waals surface area contributed by atoms with Crippen LogP contribution in [0.2, 0.25) is 0 Å². The first-order valence-electron chi connectivity index (χ1n) is 11.0. The van der Waals surface area contributed by atoms with E-state index >= 15 is 0 Å². The number of sulfonamides is 1. The molecule has 1 amide bonds. The second-order valence-electron chi connectivity index (χ2n) is 8.14. The first kappa shape index (κ1) is 26.1. The first-order chi connectivity index (χ1) is 17.5. The van der Waals surface area contributed by atoms with E-state index in [9.17, 15) is 31.5 Å². The van der Waals surface area contributed by atoms with E-state index < -0.39 is 44.7 Å². The van der Waals surface area contributed by atoms with Gasteiger partial charge in [-0.25, -0.2) is 17.4 Å². The summed E-state index contributed by atoms with van der Waals surface area (Å²) in [5.74, 6) is -2.02. The molecule has 1 atom stereocenters. The normalized spacial score (nSPS) is 15.7. The van der Waals surface area contributed by atoms with Crippen molar-refractivity contribution in [2.45, 2.75) is 24.0 Å². The van der Waals surface area contributed by atoms with E-state index in [1.807, 2.05) is 10.8 Å². The molecule has 0 aromatic heterocycles. The molecule has 1 aliphatic rings. The highest BCUT2D eigenvalue weighted by Gasteiger charge is 2.36. The molecule has 3 N–H and O–H groups in total. The highest BCUT2D eigenvalue weighted by atomic mass is 32.2. The van der Waals surface area contributed by atoms with E-state index in [1.54, 1.807) is 30.3 Å². The second-order valence-corrected chi connectivity index (χ2v) is 11.5. The highest BCUT2D eigenvalue weighted by Crippen LogP contribution is 2.33. The van der Waals surface area contributed by atoms with Crippen LogP contribution in [0.25, 0.3) is 0 Å². The number of nitrogens with zero attached hydrogens (tertiary/aromatic N) is 1. The number of anilines is 1. The van der Waals surface area contributed by atoms with Gasteiger partial charge in [0.1, 0.15) is 24.9 Å². The molecule has 3 aromatic rings. The van der Waals surface area contributed by atoms with Crippen LogP contribution in [0.1, 0.15) is 11.1 Å². The summed E-state index contributed by atoms with van der Waals surface area (Å²) in [6.07, 6.45) is -0.257. The molecule has 3 aromatic carbocycles. The Morgan fingerprint density at radius 3 is 2.27 bits per heavy atom. The summed E-state index contributed by atoms with van der Waals surface area (Å²) >= 11 is 0. The van der Waals surface area contributed by atoms with Crippen LogP contribution in [0.15, 0.2) is 83.8 Å². The third kappa shape index (κ3) is 6.25. The minimum Gasteiger partial charge on any atom is -0.487 e. The fourth-order valence-corrected chi connectivity index (χ4v) is 6.04. The number of nitrogens with one attached hydrogen (secondary N) is 2. The average molecular weight is 546 g/mol. The molecular weight excluding hydrogens is 522 g/mol. The van der Waals surface area contributed by atoms with Gasteiger partial charge in [0.25, 0.3) is 5.91 Å². The summed E-state index contributed by atoms with van der Waals surface area (Å²) in [5, 5.41) is 9.70. The lowest BCUT2D eigenvalue weighted by molar-refractivity contribution is -0.138. The van der Waals surface area contributed by atoms with Gasteiger partial charge >= 0.3 is 16.2 Å². The molecule has 0 radical (unpaired) electrons. The topological polar surface area (TPSA) is 159 Å². The zero-order chi connectivity index (χ0) is 26.6. The molecule has 0 aliphatic carbocycles. The van der Waals surface area contributed by atoms with Crippen molar-refractivity contribution in [1.82, 2.24) is 9.44 Å². The van der Waals surface area contributed by atoms with E-state index in [0.717, 1.165) is 9.87 Å². The lowest BCUT2D eigenvalue weighted by Gasteiger charge is -2.21. The molecule has 13 heteroatoms. The van der Waals surface area contributed by atoms with Crippen molar-refractivity contribution in [2.24, 2.45) is 0 Å². The molecule has 4 rings (SSSR count). The minimum absolute atomic E-state index is 0.0650. The predicted molar refractivity (Wildman–Crippen MR) is 134 cm³/mol. The number of benzene rings is 3. The van der Waals surface area contributed by atoms with Crippen molar-refractivity contribution < 1.29 is 36.3 Å². The number of hydrogen-bond acceptors (Lipinski definition) is 7. The van der Waals surface area contributed by atoms with Gasteiger partial charge in [0, 0.05) is 0 Å². The van der Waals surface area contributed by atoms with Gasteiger partial charge in [-0.05, 0) is 41.8 Å². The molecule has 0 saturated carbocycles. The second kappa shape index (κ2) is 10.6. The lowest BCUT2D eigenvalue weighted by atomic mass is 10.1. The highest BCUT2D eigenvalue weighted by molar-refractivity contribution is 7.92. The molecule has 1 heterocycles. The summed E-state index contributed by atoms with van der Waals surface area (Å²) in [5.41, 5.74) is 1.23. The van der Waals surface area contributed by atoms with Gasteiger partial charge in [-0.2, -0.15) is 13.1 Å². The monoisotopic (exact) mass is 545 g/mol. The Labute approximate surface area is 213 Å². The Hall–Kier alpha value is -3.94. The molecule has 0 bridgehead atoms. The largest absolute Gasteiger partial charge is 0.487 e. The number of carbonyl (C=O) groups is 2. The summed E-state index contributed by atoms with van der Waals surface area (Å²) in [6, 6.07) is 19.2. The van der Waals surface area contributed by atoms with Crippen molar-refractivity contribution >= 4 is 37.8 Å². The van der Waals surface area contributed by atoms with Gasteiger partial charge in [-0.15, -0.1) is 0 Å². The van der Waals surface area contributed by atoms with Crippen molar-refractivity contribution in [3.8, 4) is 5.75 Å². The third-order valence-corrected chi connectivity index (χ3v) is 8.32. The third-order valence-electron chi connectivity index (χ3n) is 5.44.